The third-order valence-electron chi connectivity index (χ3n) is 8.19. The van der Waals surface area contributed by atoms with Crippen LogP contribution in [0.2, 0.25) is 0 Å². The first-order valence-electron chi connectivity index (χ1n) is 11.7. The lowest BCUT2D eigenvalue weighted by Gasteiger charge is -2.56. The molecule has 32 heavy (non-hydrogen) atoms. The molecule has 2 aromatic carbocycles. The molecule has 0 saturated carbocycles. The first-order chi connectivity index (χ1) is 15.5. The summed E-state index contributed by atoms with van der Waals surface area (Å²) in [7, 11) is 0. The molecule has 2 unspecified atom stereocenters. The van der Waals surface area contributed by atoms with Gasteiger partial charge < -0.3 is 9.80 Å². The highest BCUT2D eigenvalue weighted by Crippen LogP contribution is 2.61. The lowest BCUT2D eigenvalue weighted by atomic mass is 9.58. The van der Waals surface area contributed by atoms with Crippen LogP contribution >= 0.6 is 0 Å². The molecule has 3 heterocycles. The fourth-order valence-corrected chi connectivity index (χ4v) is 5.99. The maximum atomic E-state index is 5.29. The maximum Gasteiger partial charge on any atom is 0.178 e. The first-order valence-corrected chi connectivity index (χ1v) is 11.7. The molecule has 1 aliphatic carbocycles. The van der Waals surface area contributed by atoms with E-state index in [1.54, 1.807) is 0 Å². The molecule has 4 nitrogen and oxygen atoms in total. The smallest absolute Gasteiger partial charge is 0.178 e. The SMILES string of the molecule is C=CC1(C)c2ccccc2N2c3nc4c(nc3N(c3ccccc3)C2C1(C)C)CCCC4. The Morgan fingerprint density at radius 3 is 2.09 bits per heavy atom. The molecule has 0 bridgehead atoms. The molecule has 0 amide bonds. The number of aromatic nitrogens is 2. The van der Waals surface area contributed by atoms with Gasteiger partial charge in [0.25, 0.3) is 0 Å². The molecule has 1 aromatic heterocycles. The zero-order valence-corrected chi connectivity index (χ0v) is 19.2. The number of hydrogen-bond donors (Lipinski definition) is 0. The Morgan fingerprint density at radius 1 is 0.844 bits per heavy atom. The van der Waals surface area contributed by atoms with Crippen molar-refractivity contribution in [3.63, 3.8) is 0 Å². The van der Waals surface area contributed by atoms with Gasteiger partial charge in [-0.3, -0.25) is 0 Å². The quantitative estimate of drug-likeness (QED) is 0.444. The van der Waals surface area contributed by atoms with Crippen LogP contribution in [0.15, 0.2) is 67.3 Å². The average Bonchev–Trinajstić information content (AvgIpc) is 3.17. The molecule has 3 aliphatic rings. The highest BCUT2D eigenvalue weighted by atomic mass is 15.5. The summed E-state index contributed by atoms with van der Waals surface area (Å²) in [6.45, 7) is 11.4. The summed E-state index contributed by atoms with van der Waals surface area (Å²) in [6.07, 6.45) is 6.62. The van der Waals surface area contributed by atoms with Crippen LogP contribution in [-0.2, 0) is 18.3 Å². The zero-order valence-electron chi connectivity index (χ0n) is 19.2. The third-order valence-corrected chi connectivity index (χ3v) is 8.19. The molecule has 2 atom stereocenters. The Balaban J connectivity index is 1.69. The van der Waals surface area contributed by atoms with E-state index in [1.807, 2.05) is 0 Å². The normalized spacial score (nSPS) is 24.9. The van der Waals surface area contributed by atoms with Crippen LogP contribution in [0.25, 0.3) is 0 Å². The average molecular weight is 423 g/mol. The summed E-state index contributed by atoms with van der Waals surface area (Å²) in [4.78, 5) is 15.4. The molecule has 0 spiro atoms. The highest BCUT2D eigenvalue weighted by Gasteiger charge is 2.59. The summed E-state index contributed by atoms with van der Waals surface area (Å²) in [6, 6.07) is 19.4. The van der Waals surface area contributed by atoms with Crippen molar-refractivity contribution < 1.29 is 0 Å². The van der Waals surface area contributed by atoms with Crippen LogP contribution in [0.5, 0.6) is 0 Å². The minimum absolute atomic E-state index is 0.0432. The second kappa shape index (κ2) is 6.68. The number of hydrogen-bond acceptors (Lipinski definition) is 4. The number of fused-ring (bicyclic) bond motifs is 6. The zero-order chi connectivity index (χ0) is 22.1. The van der Waals surface area contributed by atoms with Gasteiger partial charge in [-0.1, -0.05) is 63.2 Å². The highest BCUT2D eigenvalue weighted by molar-refractivity contribution is 5.87. The van der Waals surface area contributed by atoms with Crippen molar-refractivity contribution in [1.82, 2.24) is 9.97 Å². The van der Waals surface area contributed by atoms with Crippen LogP contribution in [0.3, 0.4) is 0 Å². The van der Waals surface area contributed by atoms with Crippen LogP contribution in [0.4, 0.5) is 23.0 Å². The lowest BCUT2D eigenvalue weighted by Crippen LogP contribution is -2.60. The van der Waals surface area contributed by atoms with Crippen LogP contribution in [-0.4, -0.2) is 16.1 Å². The van der Waals surface area contributed by atoms with Crippen molar-refractivity contribution in [2.45, 2.75) is 58.0 Å². The second-order valence-electron chi connectivity index (χ2n) is 10.1. The predicted molar refractivity (Wildman–Crippen MR) is 131 cm³/mol. The van der Waals surface area contributed by atoms with Crippen LogP contribution < -0.4 is 9.80 Å². The van der Waals surface area contributed by atoms with Crippen LogP contribution in [0.1, 0.15) is 50.6 Å². The van der Waals surface area contributed by atoms with E-state index in [-0.39, 0.29) is 17.0 Å². The lowest BCUT2D eigenvalue weighted by molar-refractivity contribution is 0.171. The molecule has 4 heteroatoms. The number of nitrogens with zero attached hydrogens (tertiary/aromatic N) is 4. The molecule has 0 N–H and O–H groups in total. The molecule has 2 aliphatic heterocycles. The van der Waals surface area contributed by atoms with Crippen molar-refractivity contribution in [1.29, 1.82) is 0 Å². The molecule has 6 rings (SSSR count). The molecular formula is C28H30N4. The van der Waals surface area contributed by atoms with E-state index in [2.05, 4.69) is 97.8 Å². The van der Waals surface area contributed by atoms with Crippen LogP contribution in [0, 0.1) is 5.41 Å². The van der Waals surface area contributed by atoms with Gasteiger partial charge in [0.15, 0.2) is 11.6 Å². The Labute approximate surface area is 190 Å². The summed E-state index contributed by atoms with van der Waals surface area (Å²) < 4.78 is 0. The summed E-state index contributed by atoms with van der Waals surface area (Å²) in [5, 5.41) is 0. The molecular weight excluding hydrogens is 392 g/mol. The molecule has 0 radical (unpaired) electrons. The van der Waals surface area contributed by atoms with Crippen molar-refractivity contribution >= 4 is 23.0 Å². The van der Waals surface area contributed by atoms with E-state index in [1.165, 1.54) is 35.5 Å². The third kappa shape index (κ3) is 2.38. The van der Waals surface area contributed by atoms with Crippen molar-refractivity contribution in [2.24, 2.45) is 5.41 Å². The van der Waals surface area contributed by atoms with Gasteiger partial charge in [0, 0.05) is 22.2 Å². The molecule has 0 saturated heterocycles. The van der Waals surface area contributed by atoms with Gasteiger partial charge in [0.05, 0.1) is 11.4 Å². The minimum atomic E-state index is -0.209. The predicted octanol–water partition coefficient (Wildman–Crippen LogP) is 6.45. The fraction of sp³-hybridized carbons (Fsp3) is 0.357. The van der Waals surface area contributed by atoms with Gasteiger partial charge >= 0.3 is 0 Å². The number of anilines is 4. The van der Waals surface area contributed by atoms with Gasteiger partial charge in [-0.15, -0.1) is 6.58 Å². The van der Waals surface area contributed by atoms with Gasteiger partial charge in [0.2, 0.25) is 0 Å². The Bertz CT molecular complexity index is 1220. The number of para-hydroxylation sites is 2. The molecule has 162 valence electrons. The fourth-order valence-electron chi connectivity index (χ4n) is 5.99. The standard InChI is InChI=1S/C28H30N4/c1-5-28(4)20-15-9-12-18-23(20)32-25-24(29-21-16-10-11-17-22(21)30-25)31(26(32)27(28,2)3)19-13-7-6-8-14-19/h5-9,12-15,18,26H,1,10-11,16-17H2,2-4H3. The van der Waals surface area contributed by atoms with E-state index in [9.17, 15) is 0 Å². The topological polar surface area (TPSA) is 32.3 Å². The Morgan fingerprint density at radius 2 is 1.44 bits per heavy atom. The Kier molecular flexibility index (Phi) is 4.08. The second-order valence-corrected chi connectivity index (χ2v) is 10.1. The largest absolute Gasteiger partial charge is 0.301 e. The molecule has 3 aromatic rings. The summed E-state index contributed by atoms with van der Waals surface area (Å²) in [5.74, 6) is 1.98. The minimum Gasteiger partial charge on any atom is -0.301 e. The molecule has 0 fully saturated rings. The van der Waals surface area contributed by atoms with E-state index < -0.39 is 0 Å². The number of benzene rings is 2. The Hall–Kier alpha value is -3.14. The van der Waals surface area contributed by atoms with Crippen molar-refractivity contribution in [3.8, 4) is 0 Å². The number of rotatable bonds is 2. The van der Waals surface area contributed by atoms with E-state index >= 15 is 0 Å². The van der Waals surface area contributed by atoms with Crippen molar-refractivity contribution in [2.75, 3.05) is 9.80 Å². The number of allylic oxidation sites excluding steroid dienone is 1. The van der Waals surface area contributed by atoms with Gasteiger partial charge in [0.1, 0.15) is 6.17 Å². The maximum absolute atomic E-state index is 5.29. The van der Waals surface area contributed by atoms with Gasteiger partial charge in [-0.2, -0.15) is 0 Å². The van der Waals surface area contributed by atoms with E-state index in [0.29, 0.717) is 0 Å². The first kappa shape index (κ1) is 19.5. The monoisotopic (exact) mass is 422 g/mol. The van der Waals surface area contributed by atoms with Gasteiger partial charge in [-0.05, 0) is 49.4 Å². The van der Waals surface area contributed by atoms with E-state index in [4.69, 9.17) is 9.97 Å². The summed E-state index contributed by atoms with van der Waals surface area (Å²) in [5.41, 5.74) is 5.65. The number of aryl methyl sites for hydroxylation is 2. The van der Waals surface area contributed by atoms with Gasteiger partial charge in [-0.25, -0.2) is 9.97 Å². The van der Waals surface area contributed by atoms with E-state index in [0.717, 1.165) is 30.2 Å². The summed E-state index contributed by atoms with van der Waals surface area (Å²) >= 11 is 0. The van der Waals surface area contributed by atoms with Crippen molar-refractivity contribution in [3.05, 3.63) is 84.2 Å².